The topological polar surface area (TPSA) is 78.8 Å². The summed E-state index contributed by atoms with van der Waals surface area (Å²) in [6, 6.07) is 2.86. The third-order valence-electron chi connectivity index (χ3n) is 2.15. The summed E-state index contributed by atoms with van der Waals surface area (Å²) in [7, 11) is 0. The number of benzene rings is 1. The van der Waals surface area contributed by atoms with E-state index in [0.29, 0.717) is 11.3 Å². The van der Waals surface area contributed by atoms with Crippen molar-refractivity contribution < 1.29 is 9.90 Å². The van der Waals surface area contributed by atoms with Crippen LogP contribution in [-0.2, 0) is 4.79 Å². The number of carbonyl (C=O) groups excluding carboxylic acids is 1. The Morgan fingerprint density at radius 2 is 2.20 bits per heavy atom. The van der Waals surface area contributed by atoms with Crippen LogP contribution in [0.3, 0.4) is 0 Å². The molecule has 1 aromatic carbocycles. The van der Waals surface area contributed by atoms with Crippen LogP contribution in [0.4, 0.5) is 11.4 Å². The van der Waals surface area contributed by atoms with Crippen LogP contribution in [0.2, 0.25) is 0 Å². The second-order valence-corrected chi connectivity index (χ2v) is 3.14. The molecule has 2 rings (SSSR count). The van der Waals surface area contributed by atoms with E-state index in [1.807, 2.05) is 0 Å². The number of nitrogens with zero attached hydrogens (tertiary/aromatic N) is 1. The lowest BCUT2D eigenvalue weighted by molar-refractivity contribution is -0.115. The Morgan fingerprint density at radius 3 is 2.93 bits per heavy atom. The fourth-order valence-electron chi connectivity index (χ4n) is 1.46. The number of phenolic OH excluding ortho intramolecular Hbond substituents is 1. The van der Waals surface area contributed by atoms with Gasteiger partial charge in [0.1, 0.15) is 5.75 Å². The van der Waals surface area contributed by atoms with Crippen LogP contribution in [-0.4, -0.2) is 11.0 Å². The molecule has 0 spiro atoms. The minimum atomic E-state index is -0.190. The van der Waals surface area contributed by atoms with E-state index < -0.39 is 0 Å². The summed E-state index contributed by atoms with van der Waals surface area (Å²) in [5.74, 6) is -0.350. The molecule has 1 aromatic rings. The van der Waals surface area contributed by atoms with Gasteiger partial charge in [-0.2, -0.15) is 0 Å². The number of hydrogen-bond acceptors (Lipinski definition) is 4. The summed E-state index contributed by atoms with van der Waals surface area (Å²) in [6.45, 7) is 0. The zero-order valence-corrected chi connectivity index (χ0v) is 7.73. The van der Waals surface area contributed by atoms with Crippen molar-refractivity contribution in [3.8, 4) is 5.75 Å². The number of anilines is 1. The quantitative estimate of drug-likeness (QED) is 0.543. The van der Waals surface area contributed by atoms with Gasteiger partial charge in [-0.25, -0.2) is 0 Å². The molecule has 0 atom stereocenters. The number of phenols is 1. The van der Waals surface area contributed by atoms with Crippen LogP contribution in [0.25, 0.3) is 6.08 Å². The van der Waals surface area contributed by atoms with E-state index in [1.165, 1.54) is 12.1 Å². The summed E-state index contributed by atoms with van der Waals surface area (Å²) >= 11 is 0. The average molecular weight is 204 g/mol. The van der Waals surface area contributed by atoms with Gasteiger partial charge in [0, 0.05) is 12.0 Å². The molecule has 1 aliphatic heterocycles. The van der Waals surface area contributed by atoms with E-state index >= 15 is 0 Å². The van der Waals surface area contributed by atoms with Crippen molar-refractivity contribution in [3.63, 3.8) is 0 Å². The van der Waals surface area contributed by atoms with Gasteiger partial charge in [0.2, 0.25) is 5.91 Å². The molecule has 2 N–H and O–H groups in total. The van der Waals surface area contributed by atoms with Gasteiger partial charge in [-0.15, -0.1) is 4.91 Å². The summed E-state index contributed by atoms with van der Waals surface area (Å²) < 4.78 is 0. The molecule has 15 heavy (non-hydrogen) atoms. The van der Waals surface area contributed by atoms with E-state index in [-0.39, 0.29) is 23.8 Å². The van der Waals surface area contributed by atoms with E-state index in [9.17, 15) is 14.8 Å². The average Bonchev–Trinajstić information content (AvgIpc) is 2.39. The Bertz CT molecular complexity index is 466. The first kappa shape index (κ1) is 9.39. The molecular formula is C10H8N2O3. The highest BCUT2D eigenvalue weighted by Crippen LogP contribution is 2.37. The fraction of sp³-hybridized carbons (Fsp3) is 0.100. The maximum absolute atomic E-state index is 11.2. The number of rotatable bonds is 1. The fourth-order valence-corrected chi connectivity index (χ4v) is 1.46. The minimum absolute atomic E-state index is 0.0500. The van der Waals surface area contributed by atoms with Gasteiger partial charge in [0.05, 0.1) is 5.69 Å². The Morgan fingerprint density at radius 1 is 1.40 bits per heavy atom. The zero-order valence-electron chi connectivity index (χ0n) is 7.73. The molecule has 5 heteroatoms. The standard InChI is InChI=1S/C10H8N2O3/c13-8-5-4-7-6(10(8)12-15)2-1-3-9(14)11-7/h1-2,4-5,13H,3H2,(H,11,14). The third-order valence-corrected chi connectivity index (χ3v) is 2.15. The molecule has 0 saturated heterocycles. The summed E-state index contributed by atoms with van der Waals surface area (Å²) in [5, 5.41) is 14.7. The van der Waals surface area contributed by atoms with Gasteiger partial charge in [0.15, 0.2) is 5.69 Å². The predicted octanol–water partition coefficient (Wildman–Crippen LogP) is 2.15. The van der Waals surface area contributed by atoms with Crippen LogP contribution in [0.1, 0.15) is 12.0 Å². The first-order valence-electron chi connectivity index (χ1n) is 4.38. The van der Waals surface area contributed by atoms with Crippen LogP contribution in [0.15, 0.2) is 23.4 Å². The number of amides is 1. The predicted molar refractivity (Wildman–Crippen MR) is 55.8 cm³/mol. The molecular weight excluding hydrogens is 196 g/mol. The smallest absolute Gasteiger partial charge is 0.228 e. The van der Waals surface area contributed by atoms with E-state index in [2.05, 4.69) is 10.5 Å². The highest BCUT2D eigenvalue weighted by atomic mass is 16.3. The van der Waals surface area contributed by atoms with E-state index in [0.717, 1.165) is 0 Å². The largest absolute Gasteiger partial charge is 0.506 e. The zero-order chi connectivity index (χ0) is 10.8. The summed E-state index contributed by atoms with van der Waals surface area (Å²) in [6.07, 6.45) is 3.46. The third kappa shape index (κ3) is 1.59. The molecule has 1 aliphatic rings. The van der Waals surface area contributed by atoms with Crippen molar-refractivity contribution >= 4 is 23.4 Å². The highest BCUT2D eigenvalue weighted by molar-refractivity contribution is 5.98. The Balaban J connectivity index is 2.64. The Kier molecular flexibility index (Phi) is 2.21. The molecule has 0 radical (unpaired) electrons. The second kappa shape index (κ2) is 3.53. The van der Waals surface area contributed by atoms with Gasteiger partial charge in [-0.3, -0.25) is 4.79 Å². The Labute approximate surface area is 85.4 Å². The normalized spacial score (nSPS) is 14.0. The number of aromatic hydroxyl groups is 1. The van der Waals surface area contributed by atoms with Crippen molar-refractivity contribution in [1.29, 1.82) is 0 Å². The number of nitroso groups, excluding NO2 is 1. The maximum Gasteiger partial charge on any atom is 0.228 e. The Hall–Kier alpha value is -2.17. The molecule has 0 unspecified atom stereocenters. The minimum Gasteiger partial charge on any atom is -0.506 e. The molecule has 0 saturated carbocycles. The molecule has 1 heterocycles. The molecule has 0 fully saturated rings. The molecule has 0 aromatic heterocycles. The van der Waals surface area contributed by atoms with Gasteiger partial charge in [-0.05, 0) is 17.3 Å². The first-order valence-corrected chi connectivity index (χ1v) is 4.38. The number of hydrogen-bond donors (Lipinski definition) is 2. The van der Waals surface area contributed by atoms with Crippen LogP contribution >= 0.6 is 0 Å². The lowest BCUT2D eigenvalue weighted by Crippen LogP contribution is -2.09. The molecule has 1 amide bonds. The van der Waals surface area contributed by atoms with Crippen LogP contribution in [0, 0.1) is 4.91 Å². The lowest BCUT2D eigenvalue weighted by Gasteiger charge is -2.07. The van der Waals surface area contributed by atoms with Gasteiger partial charge in [0.25, 0.3) is 0 Å². The maximum atomic E-state index is 11.2. The second-order valence-electron chi connectivity index (χ2n) is 3.14. The van der Waals surface area contributed by atoms with Crippen LogP contribution < -0.4 is 5.32 Å². The SMILES string of the molecule is O=Nc1c(O)ccc2c1C=CCC(=O)N2. The first-order chi connectivity index (χ1) is 7.22. The number of fused-ring (bicyclic) bond motifs is 1. The van der Waals surface area contributed by atoms with Crippen molar-refractivity contribution in [1.82, 2.24) is 0 Å². The van der Waals surface area contributed by atoms with Gasteiger partial charge in [-0.1, -0.05) is 12.2 Å². The molecule has 0 aliphatic carbocycles. The van der Waals surface area contributed by atoms with Gasteiger partial charge < -0.3 is 10.4 Å². The molecule has 76 valence electrons. The monoisotopic (exact) mass is 204 g/mol. The van der Waals surface area contributed by atoms with Crippen LogP contribution in [0.5, 0.6) is 5.75 Å². The van der Waals surface area contributed by atoms with Crippen molar-refractivity contribution in [3.05, 3.63) is 28.7 Å². The summed E-state index contributed by atoms with van der Waals surface area (Å²) in [4.78, 5) is 21.7. The molecule has 0 bridgehead atoms. The van der Waals surface area contributed by atoms with E-state index in [4.69, 9.17) is 0 Å². The van der Waals surface area contributed by atoms with Crippen molar-refractivity contribution in [2.45, 2.75) is 6.42 Å². The summed E-state index contributed by atoms with van der Waals surface area (Å²) in [5.41, 5.74) is 0.878. The van der Waals surface area contributed by atoms with Crippen molar-refractivity contribution in [2.24, 2.45) is 5.18 Å². The molecule has 5 nitrogen and oxygen atoms in total. The number of carbonyl (C=O) groups is 1. The lowest BCUT2D eigenvalue weighted by atomic mass is 10.1. The van der Waals surface area contributed by atoms with Gasteiger partial charge >= 0.3 is 0 Å². The number of nitrogens with one attached hydrogen (secondary N) is 1. The van der Waals surface area contributed by atoms with E-state index in [1.54, 1.807) is 12.2 Å². The highest BCUT2D eigenvalue weighted by Gasteiger charge is 2.15. The van der Waals surface area contributed by atoms with Crippen molar-refractivity contribution in [2.75, 3.05) is 5.32 Å².